The number of halogens is 2. The van der Waals surface area contributed by atoms with Gasteiger partial charge in [0.15, 0.2) is 15.7 Å². The average molecular weight is 700 g/mol. The standard InChI is InChI=1S/C19H23I2N6O3PS/c1-11-8-14(27(23-11)31-21)18-22-17(20)16-13(19(4-5-19)32(3,28)29)9-15(24-26(16)18)25-6-7-30-10-12(25)2/h8-9,12,31H,4-7,10H2,1-3H3/t12-/m1/s1. The molecule has 2 aliphatic rings. The van der Waals surface area contributed by atoms with E-state index in [1.807, 2.05) is 28.0 Å². The normalized spacial score (nSPS) is 21.2. The van der Waals surface area contributed by atoms with E-state index in [0.29, 0.717) is 44.8 Å². The van der Waals surface area contributed by atoms with Crippen LogP contribution in [-0.2, 0) is 19.3 Å². The molecule has 9 nitrogen and oxygen atoms in total. The van der Waals surface area contributed by atoms with Crippen LogP contribution in [-0.4, -0.2) is 64.6 Å². The van der Waals surface area contributed by atoms with E-state index in [0.717, 1.165) is 32.0 Å². The van der Waals surface area contributed by atoms with E-state index in [1.165, 1.54) is 6.26 Å². The Bertz CT molecular complexity index is 1320. The van der Waals surface area contributed by atoms with E-state index in [9.17, 15) is 8.42 Å². The number of nitrogens with zero attached hydrogens (tertiary/aromatic N) is 6. The van der Waals surface area contributed by atoms with Crippen LogP contribution in [0.15, 0.2) is 12.1 Å². The van der Waals surface area contributed by atoms with Crippen molar-refractivity contribution >= 4 is 72.2 Å². The number of morpholine rings is 1. The van der Waals surface area contributed by atoms with Crippen LogP contribution in [0.1, 0.15) is 31.0 Å². The molecule has 1 aliphatic heterocycles. The molecule has 1 unspecified atom stereocenters. The van der Waals surface area contributed by atoms with Crippen LogP contribution in [0.25, 0.3) is 17.0 Å². The van der Waals surface area contributed by atoms with Gasteiger partial charge in [0.2, 0.25) is 0 Å². The summed E-state index contributed by atoms with van der Waals surface area (Å²) < 4.78 is 35.1. The van der Waals surface area contributed by atoms with Crippen LogP contribution < -0.4 is 4.90 Å². The van der Waals surface area contributed by atoms with Gasteiger partial charge in [0.05, 0.1) is 36.1 Å². The molecular weight excluding hydrogens is 677 g/mol. The summed E-state index contributed by atoms with van der Waals surface area (Å²) in [5.74, 6) is 1.44. The number of fused-ring (bicyclic) bond motifs is 1. The first kappa shape index (κ1) is 23.2. The highest BCUT2D eigenvalue weighted by Gasteiger charge is 2.55. The molecule has 2 atom stereocenters. The first-order valence-electron chi connectivity index (χ1n) is 10.2. The topological polar surface area (TPSA) is 94.6 Å². The molecule has 5 rings (SSSR count). The summed E-state index contributed by atoms with van der Waals surface area (Å²) >= 11 is 4.50. The van der Waals surface area contributed by atoms with Crippen molar-refractivity contribution in [1.82, 2.24) is 24.1 Å². The van der Waals surface area contributed by atoms with Gasteiger partial charge in [-0.25, -0.2) is 22.4 Å². The minimum atomic E-state index is -3.31. The molecule has 13 heteroatoms. The molecule has 0 aromatic carbocycles. The van der Waals surface area contributed by atoms with E-state index < -0.39 is 14.6 Å². The molecule has 0 bridgehead atoms. The van der Waals surface area contributed by atoms with E-state index in [2.05, 4.69) is 61.6 Å². The highest BCUT2D eigenvalue weighted by Crippen LogP contribution is 2.54. The van der Waals surface area contributed by atoms with Crippen LogP contribution in [0, 0.1) is 10.6 Å². The fraction of sp³-hybridized carbons (Fsp3) is 0.526. The number of anilines is 1. The molecule has 0 spiro atoms. The van der Waals surface area contributed by atoms with Gasteiger partial charge in [0.1, 0.15) is 20.7 Å². The Labute approximate surface area is 215 Å². The van der Waals surface area contributed by atoms with Crippen LogP contribution in [0.3, 0.4) is 0 Å². The summed E-state index contributed by atoms with van der Waals surface area (Å²) in [4.78, 5) is 7.06. The van der Waals surface area contributed by atoms with Crippen molar-refractivity contribution in [2.45, 2.75) is 37.5 Å². The maximum absolute atomic E-state index is 12.9. The lowest BCUT2D eigenvalue weighted by Gasteiger charge is -2.34. The number of ether oxygens (including phenoxy) is 1. The SMILES string of the molecule is Cc1cc(-c2nc(I)c3c(C4(S(C)(=O)=O)CC4)cc(N4CCOC[C@H]4C)nn23)n(PI)n1. The lowest BCUT2D eigenvalue weighted by Crippen LogP contribution is -2.44. The molecule has 1 saturated carbocycles. The molecule has 3 aromatic rings. The largest absolute Gasteiger partial charge is 0.377 e. The van der Waals surface area contributed by atoms with Crippen molar-refractivity contribution in [3.8, 4) is 11.5 Å². The molecule has 172 valence electrons. The second kappa shape index (κ2) is 8.28. The van der Waals surface area contributed by atoms with Crippen molar-refractivity contribution in [3.63, 3.8) is 0 Å². The van der Waals surface area contributed by atoms with Crippen LogP contribution in [0.4, 0.5) is 5.82 Å². The second-order valence-corrected chi connectivity index (χ2v) is 13.8. The Kier molecular flexibility index (Phi) is 6.00. The zero-order chi connectivity index (χ0) is 22.8. The molecule has 2 fully saturated rings. The first-order valence-corrected chi connectivity index (χ1v) is 17.3. The molecular formula is C19H23I2N6O3PS. The number of aromatic nitrogens is 5. The number of hydrogen-bond donors (Lipinski definition) is 0. The van der Waals surface area contributed by atoms with Gasteiger partial charge in [-0.3, -0.25) is 0 Å². The number of sulfone groups is 1. The Morgan fingerprint density at radius 2 is 2.03 bits per heavy atom. The van der Waals surface area contributed by atoms with Crippen molar-refractivity contribution < 1.29 is 13.2 Å². The maximum Gasteiger partial charge on any atom is 0.181 e. The number of imidazole rings is 1. The summed E-state index contributed by atoms with van der Waals surface area (Å²) in [6.07, 6.45) is 2.99. The number of rotatable bonds is 5. The van der Waals surface area contributed by atoms with E-state index in [1.54, 1.807) is 0 Å². The third kappa shape index (κ3) is 3.68. The quantitative estimate of drug-likeness (QED) is 0.297. The lowest BCUT2D eigenvalue weighted by molar-refractivity contribution is 0.0984. The maximum atomic E-state index is 12.9. The van der Waals surface area contributed by atoms with Crippen molar-refractivity contribution in [3.05, 3.63) is 27.1 Å². The van der Waals surface area contributed by atoms with Crippen LogP contribution >= 0.6 is 51.0 Å². The molecule has 3 aromatic heterocycles. The van der Waals surface area contributed by atoms with Gasteiger partial charge in [0.25, 0.3) is 0 Å². The van der Waals surface area contributed by atoms with E-state index in [4.69, 9.17) is 14.8 Å². The fourth-order valence-corrected chi connectivity index (χ4v) is 8.14. The van der Waals surface area contributed by atoms with Crippen molar-refractivity contribution in [2.75, 3.05) is 30.9 Å². The Hall–Kier alpha value is -0.570. The average Bonchev–Trinajstić information content (AvgIpc) is 3.40. The molecule has 0 radical (unpaired) electrons. The third-order valence-electron chi connectivity index (χ3n) is 6.25. The summed E-state index contributed by atoms with van der Waals surface area (Å²) in [7, 11) is -3.31. The Morgan fingerprint density at radius 1 is 1.28 bits per heavy atom. The third-order valence-corrected chi connectivity index (χ3v) is 10.9. The number of hydrogen-bond acceptors (Lipinski definition) is 7. The molecule has 0 N–H and O–H groups in total. The second-order valence-electron chi connectivity index (χ2n) is 8.45. The van der Waals surface area contributed by atoms with Gasteiger partial charge in [-0.05, 0) is 83.5 Å². The van der Waals surface area contributed by atoms with Gasteiger partial charge < -0.3 is 9.64 Å². The zero-order valence-corrected chi connectivity index (χ0v) is 24.0. The van der Waals surface area contributed by atoms with E-state index in [-0.39, 0.29) is 6.04 Å². The lowest BCUT2D eigenvalue weighted by atomic mass is 10.1. The molecule has 32 heavy (non-hydrogen) atoms. The molecule has 0 amide bonds. The highest BCUT2D eigenvalue weighted by atomic mass is 127. The highest BCUT2D eigenvalue weighted by molar-refractivity contribution is 14.2. The zero-order valence-electron chi connectivity index (χ0n) is 17.8. The predicted molar refractivity (Wildman–Crippen MR) is 143 cm³/mol. The smallest absolute Gasteiger partial charge is 0.181 e. The van der Waals surface area contributed by atoms with Crippen molar-refractivity contribution in [2.24, 2.45) is 0 Å². The summed E-state index contributed by atoms with van der Waals surface area (Å²) in [6, 6.07) is 4.12. The minimum absolute atomic E-state index is 0.143. The summed E-state index contributed by atoms with van der Waals surface area (Å²) in [5.41, 5.74) is 3.36. The van der Waals surface area contributed by atoms with Crippen LogP contribution in [0.2, 0.25) is 0 Å². The molecule has 1 aliphatic carbocycles. The Balaban J connectivity index is 1.82. The van der Waals surface area contributed by atoms with E-state index >= 15 is 0 Å². The van der Waals surface area contributed by atoms with Gasteiger partial charge >= 0.3 is 0 Å². The summed E-state index contributed by atoms with van der Waals surface area (Å²) in [5, 5.41) is 9.58. The number of aryl methyl sites for hydroxylation is 1. The van der Waals surface area contributed by atoms with Gasteiger partial charge in [-0.2, -0.15) is 5.10 Å². The van der Waals surface area contributed by atoms with Gasteiger partial charge in [-0.15, -0.1) is 5.10 Å². The first-order chi connectivity index (χ1) is 15.2. The molecule has 4 heterocycles. The fourth-order valence-electron chi connectivity index (χ4n) is 4.44. The summed E-state index contributed by atoms with van der Waals surface area (Å²) in [6.45, 7) is 6.00. The predicted octanol–water partition coefficient (Wildman–Crippen LogP) is 3.56. The van der Waals surface area contributed by atoms with Crippen molar-refractivity contribution in [1.29, 1.82) is 0 Å². The minimum Gasteiger partial charge on any atom is -0.377 e. The monoisotopic (exact) mass is 700 g/mol. The van der Waals surface area contributed by atoms with Crippen LogP contribution in [0.5, 0.6) is 0 Å². The van der Waals surface area contributed by atoms with Gasteiger partial charge in [0, 0.05) is 18.4 Å². The van der Waals surface area contributed by atoms with Gasteiger partial charge in [-0.1, -0.05) is 0 Å². The molecule has 1 saturated heterocycles. The Morgan fingerprint density at radius 3 is 2.66 bits per heavy atom.